The van der Waals surface area contributed by atoms with Crippen LogP contribution in [0.2, 0.25) is 0 Å². The van der Waals surface area contributed by atoms with E-state index in [0.717, 1.165) is 70.0 Å². The molecule has 1 unspecified atom stereocenters. The van der Waals surface area contributed by atoms with Gasteiger partial charge in [-0.1, -0.05) is 78.9 Å². The van der Waals surface area contributed by atoms with Crippen molar-refractivity contribution in [2.24, 2.45) is 5.73 Å². The minimum Gasteiger partial charge on any atom is -0.379 e. The largest absolute Gasteiger partial charge is 0.379 e. The molecule has 0 aliphatic carbocycles. The molecule has 1 atom stereocenters. The van der Waals surface area contributed by atoms with Crippen LogP contribution in [0, 0.1) is 0 Å². The van der Waals surface area contributed by atoms with Crippen LogP contribution in [0.3, 0.4) is 0 Å². The fourth-order valence-electron chi connectivity index (χ4n) is 5.41. The number of fused-ring (bicyclic) bond motifs is 1. The van der Waals surface area contributed by atoms with Crippen molar-refractivity contribution in [2.45, 2.75) is 32.1 Å². The van der Waals surface area contributed by atoms with E-state index in [0.29, 0.717) is 6.54 Å². The molecule has 0 bridgehead atoms. The molecule has 1 fully saturated rings. The van der Waals surface area contributed by atoms with Gasteiger partial charge in [-0.3, -0.25) is 9.80 Å². The molecule has 2 amide bonds. The first kappa shape index (κ1) is 24.5. The van der Waals surface area contributed by atoms with Crippen LogP contribution in [0.1, 0.15) is 40.3 Å². The molecular weight excluding hydrogens is 448 g/mol. The topological polar surface area (TPSA) is 62.0 Å². The first-order chi connectivity index (χ1) is 17.7. The summed E-state index contributed by atoms with van der Waals surface area (Å²) in [5.74, 6) is 0. The van der Waals surface area contributed by atoms with Gasteiger partial charge in [-0.05, 0) is 40.8 Å². The van der Waals surface area contributed by atoms with Crippen molar-refractivity contribution in [3.8, 4) is 0 Å². The predicted octanol–water partition coefficient (Wildman–Crippen LogP) is 4.39. The summed E-state index contributed by atoms with van der Waals surface area (Å²) in [4.78, 5) is 19.0. The van der Waals surface area contributed by atoms with Gasteiger partial charge in [0.2, 0.25) is 0 Å². The van der Waals surface area contributed by atoms with E-state index in [-0.39, 0.29) is 12.1 Å². The number of hydrogen-bond donors (Lipinski definition) is 1. The van der Waals surface area contributed by atoms with Gasteiger partial charge < -0.3 is 15.4 Å². The van der Waals surface area contributed by atoms with Crippen LogP contribution >= 0.6 is 0 Å². The number of ether oxygens (including phenoxy) is 1. The van der Waals surface area contributed by atoms with Crippen molar-refractivity contribution < 1.29 is 9.53 Å². The third kappa shape index (κ3) is 5.95. The van der Waals surface area contributed by atoms with Gasteiger partial charge in [0.05, 0.1) is 19.3 Å². The number of hydrogen-bond acceptors (Lipinski definition) is 4. The molecule has 6 heteroatoms. The first-order valence-corrected chi connectivity index (χ1v) is 13.0. The summed E-state index contributed by atoms with van der Waals surface area (Å²) in [6.45, 7) is 8.29. The zero-order chi connectivity index (χ0) is 24.7. The van der Waals surface area contributed by atoms with Crippen molar-refractivity contribution in [3.63, 3.8) is 0 Å². The number of carbonyl (C=O) groups excluding carboxylic acids is 1. The molecule has 188 valence electrons. The lowest BCUT2D eigenvalue weighted by atomic mass is 9.97. The maximum atomic E-state index is 12.2. The molecule has 0 spiro atoms. The Morgan fingerprint density at radius 3 is 2.28 bits per heavy atom. The molecule has 2 heterocycles. The second-order valence-electron chi connectivity index (χ2n) is 9.81. The van der Waals surface area contributed by atoms with Gasteiger partial charge in [0, 0.05) is 39.3 Å². The van der Waals surface area contributed by atoms with Gasteiger partial charge in [-0.25, -0.2) is 4.79 Å². The van der Waals surface area contributed by atoms with Crippen LogP contribution in [0.5, 0.6) is 0 Å². The summed E-state index contributed by atoms with van der Waals surface area (Å²) >= 11 is 0. The summed E-state index contributed by atoms with van der Waals surface area (Å²) in [6.07, 6.45) is 1.14. The van der Waals surface area contributed by atoms with Crippen LogP contribution in [0.25, 0.3) is 0 Å². The van der Waals surface area contributed by atoms with Crippen molar-refractivity contribution in [2.75, 3.05) is 39.4 Å². The molecule has 0 radical (unpaired) electrons. The summed E-state index contributed by atoms with van der Waals surface area (Å²) in [7, 11) is 0. The van der Waals surface area contributed by atoms with E-state index in [2.05, 4.69) is 76.5 Å². The van der Waals surface area contributed by atoms with Crippen LogP contribution in [0.15, 0.2) is 78.9 Å². The number of carbonyl (C=O) groups is 1. The Balaban J connectivity index is 1.27. The Kier molecular flexibility index (Phi) is 7.96. The number of benzene rings is 3. The lowest BCUT2D eigenvalue weighted by molar-refractivity contribution is 0.0359. The zero-order valence-electron chi connectivity index (χ0n) is 20.9. The molecule has 3 aromatic rings. The summed E-state index contributed by atoms with van der Waals surface area (Å²) < 4.78 is 5.49. The SMILES string of the molecule is NC(=O)N1Cc2ccccc2C1c1ccc(CN(CCCN2CCOCC2)Cc2ccccc2)cc1. The van der Waals surface area contributed by atoms with Gasteiger partial charge in [0.1, 0.15) is 0 Å². The number of rotatable bonds is 9. The van der Waals surface area contributed by atoms with Gasteiger partial charge in [-0.2, -0.15) is 0 Å². The number of nitrogens with zero attached hydrogens (tertiary/aromatic N) is 3. The highest BCUT2D eigenvalue weighted by molar-refractivity contribution is 5.74. The van der Waals surface area contributed by atoms with E-state index in [1.54, 1.807) is 4.90 Å². The van der Waals surface area contributed by atoms with Crippen molar-refractivity contribution in [3.05, 3.63) is 107 Å². The highest BCUT2D eigenvalue weighted by atomic mass is 16.5. The molecule has 6 nitrogen and oxygen atoms in total. The van der Waals surface area contributed by atoms with Crippen LogP contribution in [0.4, 0.5) is 4.79 Å². The number of urea groups is 1. The second kappa shape index (κ2) is 11.7. The van der Waals surface area contributed by atoms with E-state index in [1.807, 2.05) is 12.1 Å². The fraction of sp³-hybridized carbons (Fsp3) is 0.367. The summed E-state index contributed by atoms with van der Waals surface area (Å²) in [6, 6.07) is 27.2. The van der Waals surface area contributed by atoms with E-state index in [1.165, 1.54) is 16.7 Å². The molecule has 0 saturated carbocycles. The standard InChI is InChI=1S/C30H36N4O2/c31-30(35)34-23-27-9-4-5-10-28(27)29(34)26-13-11-25(12-14-26)22-33(21-24-7-2-1-3-8-24)16-6-15-32-17-19-36-20-18-32/h1-5,7-14,29H,6,15-23H2,(H2,31,35). The highest BCUT2D eigenvalue weighted by Crippen LogP contribution is 2.38. The van der Waals surface area contributed by atoms with Crippen molar-refractivity contribution in [1.29, 1.82) is 0 Å². The Morgan fingerprint density at radius 1 is 0.889 bits per heavy atom. The Labute approximate surface area is 214 Å². The number of primary amides is 1. The quantitative estimate of drug-likeness (QED) is 0.489. The smallest absolute Gasteiger partial charge is 0.315 e. The van der Waals surface area contributed by atoms with E-state index in [4.69, 9.17) is 10.5 Å². The Hall–Kier alpha value is -3.19. The first-order valence-electron chi connectivity index (χ1n) is 13.0. The Morgan fingerprint density at radius 2 is 1.56 bits per heavy atom. The summed E-state index contributed by atoms with van der Waals surface area (Å²) in [5.41, 5.74) is 11.8. The molecule has 1 saturated heterocycles. The van der Waals surface area contributed by atoms with Crippen molar-refractivity contribution >= 4 is 6.03 Å². The van der Waals surface area contributed by atoms with Crippen LogP contribution in [-0.2, 0) is 24.4 Å². The maximum absolute atomic E-state index is 12.2. The normalized spacial score (nSPS) is 17.9. The predicted molar refractivity (Wildman–Crippen MR) is 142 cm³/mol. The molecule has 2 aliphatic heterocycles. The molecule has 5 rings (SSSR count). The van der Waals surface area contributed by atoms with Gasteiger partial charge in [-0.15, -0.1) is 0 Å². The van der Waals surface area contributed by atoms with Crippen molar-refractivity contribution in [1.82, 2.24) is 14.7 Å². The van der Waals surface area contributed by atoms with E-state index >= 15 is 0 Å². The van der Waals surface area contributed by atoms with E-state index < -0.39 is 0 Å². The second-order valence-corrected chi connectivity index (χ2v) is 9.81. The minimum atomic E-state index is -0.380. The molecule has 2 N–H and O–H groups in total. The molecule has 0 aromatic heterocycles. The van der Waals surface area contributed by atoms with Crippen LogP contribution < -0.4 is 5.73 Å². The maximum Gasteiger partial charge on any atom is 0.315 e. The van der Waals surface area contributed by atoms with E-state index in [9.17, 15) is 4.79 Å². The van der Waals surface area contributed by atoms with Gasteiger partial charge in [0.25, 0.3) is 0 Å². The zero-order valence-corrected chi connectivity index (χ0v) is 20.9. The highest BCUT2D eigenvalue weighted by Gasteiger charge is 2.33. The minimum absolute atomic E-state index is 0.123. The number of nitrogens with two attached hydrogens (primary N) is 1. The van der Waals surface area contributed by atoms with Gasteiger partial charge >= 0.3 is 6.03 Å². The summed E-state index contributed by atoms with van der Waals surface area (Å²) in [5, 5.41) is 0. The average molecular weight is 485 g/mol. The third-order valence-corrected chi connectivity index (χ3v) is 7.29. The lowest BCUT2D eigenvalue weighted by Crippen LogP contribution is -2.38. The van der Waals surface area contributed by atoms with Gasteiger partial charge in [0.15, 0.2) is 0 Å². The lowest BCUT2D eigenvalue weighted by Gasteiger charge is -2.28. The fourth-order valence-corrected chi connectivity index (χ4v) is 5.41. The monoisotopic (exact) mass is 484 g/mol. The van der Waals surface area contributed by atoms with Crippen LogP contribution in [-0.4, -0.2) is 60.1 Å². The molecular formula is C30H36N4O2. The Bertz CT molecular complexity index is 1130. The number of morpholine rings is 1. The number of amides is 2. The average Bonchev–Trinajstić information content (AvgIpc) is 3.30. The molecule has 36 heavy (non-hydrogen) atoms. The third-order valence-electron chi connectivity index (χ3n) is 7.29. The molecule has 3 aromatic carbocycles. The molecule has 2 aliphatic rings.